The normalized spacial score (nSPS) is 22.1. The van der Waals surface area contributed by atoms with E-state index in [1.54, 1.807) is 0 Å². The number of rotatable bonds is 4. The summed E-state index contributed by atoms with van der Waals surface area (Å²) in [6.45, 7) is 7.82. The number of benzene rings is 1. The molecule has 1 fully saturated rings. The maximum absolute atomic E-state index is 5.94. The first-order valence-electron chi connectivity index (χ1n) is 9.91. The van der Waals surface area contributed by atoms with Gasteiger partial charge >= 0.3 is 0 Å². The van der Waals surface area contributed by atoms with Gasteiger partial charge in [0.15, 0.2) is 0 Å². The Morgan fingerprint density at radius 1 is 0.962 bits per heavy atom. The van der Waals surface area contributed by atoms with E-state index in [1.165, 1.54) is 43.7 Å². The fraction of sp³-hybridized carbons (Fsp3) is 0.500. The lowest BCUT2D eigenvalue weighted by Gasteiger charge is -2.25. The fourth-order valence-corrected chi connectivity index (χ4v) is 4.19. The van der Waals surface area contributed by atoms with Crippen LogP contribution in [0, 0.1) is 5.92 Å². The number of hydrogen-bond acceptors (Lipinski definition) is 4. The Morgan fingerprint density at radius 2 is 1.77 bits per heavy atom. The predicted molar refractivity (Wildman–Crippen MR) is 104 cm³/mol. The van der Waals surface area contributed by atoms with Crippen LogP contribution in [0.5, 0.6) is 5.75 Å². The van der Waals surface area contributed by atoms with Crippen molar-refractivity contribution in [2.24, 2.45) is 5.92 Å². The van der Waals surface area contributed by atoms with Crippen LogP contribution in [0.15, 0.2) is 48.8 Å². The van der Waals surface area contributed by atoms with Crippen molar-refractivity contribution >= 4 is 0 Å². The Hall–Kier alpha value is -1.91. The van der Waals surface area contributed by atoms with E-state index in [4.69, 9.17) is 4.74 Å². The van der Waals surface area contributed by atoms with Crippen molar-refractivity contribution in [2.45, 2.75) is 25.8 Å². The van der Waals surface area contributed by atoms with Gasteiger partial charge in [0.25, 0.3) is 0 Å². The van der Waals surface area contributed by atoms with Gasteiger partial charge in [-0.15, -0.1) is 0 Å². The number of hydrogen-bond donors (Lipinski definition) is 0. The van der Waals surface area contributed by atoms with Gasteiger partial charge in [-0.3, -0.25) is 9.88 Å². The van der Waals surface area contributed by atoms with E-state index >= 15 is 0 Å². The molecule has 1 aromatic carbocycles. The maximum Gasteiger partial charge on any atom is 0.122 e. The van der Waals surface area contributed by atoms with Crippen LogP contribution in [0.25, 0.3) is 0 Å². The first-order chi connectivity index (χ1) is 12.9. The molecule has 2 aliphatic heterocycles. The topological polar surface area (TPSA) is 28.6 Å². The molecule has 2 aliphatic rings. The van der Waals surface area contributed by atoms with Gasteiger partial charge in [0.1, 0.15) is 5.75 Å². The largest absolute Gasteiger partial charge is 0.493 e. The zero-order valence-corrected chi connectivity index (χ0v) is 15.5. The van der Waals surface area contributed by atoms with Crippen LogP contribution in [0.4, 0.5) is 0 Å². The highest BCUT2D eigenvalue weighted by Crippen LogP contribution is 2.27. The Morgan fingerprint density at radius 3 is 2.69 bits per heavy atom. The van der Waals surface area contributed by atoms with Gasteiger partial charge in [-0.25, -0.2) is 0 Å². The standard InChI is InChI=1S/C22H29N3O/c1-2-5-22-21(4-1)16-20(8-15-26-22)18-25-12-3-11-24(13-14-25)17-19-6-9-23-10-7-19/h1-2,4-7,9-10,20H,3,8,11-18H2/t20-/m0/s1. The average Bonchev–Trinajstić information content (AvgIpc) is 3.01. The van der Waals surface area contributed by atoms with Crippen LogP contribution < -0.4 is 4.74 Å². The van der Waals surface area contributed by atoms with Gasteiger partial charge in [0.2, 0.25) is 0 Å². The lowest BCUT2D eigenvalue weighted by molar-refractivity contribution is 0.208. The first kappa shape index (κ1) is 17.5. The molecule has 0 saturated carbocycles. The Balaban J connectivity index is 1.30. The van der Waals surface area contributed by atoms with Crippen LogP contribution in [0.3, 0.4) is 0 Å². The molecule has 1 aromatic heterocycles. The second-order valence-corrected chi connectivity index (χ2v) is 7.60. The highest BCUT2D eigenvalue weighted by atomic mass is 16.5. The van der Waals surface area contributed by atoms with Crippen LogP contribution in [-0.2, 0) is 13.0 Å². The highest BCUT2D eigenvalue weighted by Gasteiger charge is 2.22. The Kier molecular flexibility index (Phi) is 5.82. The summed E-state index contributed by atoms with van der Waals surface area (Å²) >= 11 is 0. The molecule has 2 aromatic rings. The van der Waals surface area contributed by atoms with Gasteiger partial charge in [-0.1, -0.05) is 18.2 Å². The monoisotopic (exact) mass is 351 g/mol. The van der Waals surface area contributed by atoms with E-state index in [-0.39, 0.29) is 0 Å². The van der Waals surface area contributed by atoms with E-state index in [2.05, 4.69) is 51.2 Å². The first-order valence-corrected chi connectivity index (χ1v) is 9.91. The van der Waals surface area contributed by atoms with E-state index in [0.29, 0.717) is 5.92 Å². The average molecular weight is 351 g/mol. The maximum atomic E-state index is 5.94. The molecule has 0 N–H and O–H groups in total. The molecule has 3 heterocycles. The third kappa shape index (κ3) is 4.63. The molecule has 1 atom stereocenters. The van der Waals surface area contributed by atoms with Crippen molar-refractivity contribution in [2.75, 3.05) is 39.3 Å². The number of para-hydroxylation sites is 1. The van der Waals surface area contributed by atoms with E-state index in [0.717, 1.165) is 38.3 Å². The third-order valence-corrected chi connectivity index (χ3v) is 5.62. The summed E-state index contributed by atoms with van der Waals surface area (Å²) in [5.74, 6) is 1.79. The quantitative estimate of drug-likeness (QED) is 0.846. The summed E-state index contributed by atoms with van der Waals surface area (Å²) in [6, 6.07) is 12.8. The molecule has 0 aliphatic carbocycles. The van der Waals surface area contributed by atoms with Crippen molar-refractivity contribution in [1.82, 2.24) is 14.8 Å². The van der Waals surface area contributed by atoms with Gasteiger partial charge in [0.05, 0.1) is 6.61 Å². The second-order valence-electron chi connectivity index (χ2n) is 7.60. The number of nitrogens with zero attached hydrogens (tertiary/aromatic N) is 3. The molecule has 4 nitrogen and oxygen atoms in total. The molecular weight excluding hydrogens is 322 g/mol. The van der Waals surface area contributed by atoms with E-state index in [1.807, 2.05) is 12.4 Å². The molecule has 138 valence electrons. The minimum atomic E-state index is 0.699. The lowest BCUT2D eigenvalue weighted by Crippen LogP contribution is -2.34. The van der Waals surface area contributed by atoms with E-state index in [9.17, 15) is 0 Å². The summed E-state index contributed by atoms with van der Waals surface area (Å²) in [5, 5.41) is 0. The molecule has 4 heteroatoms. The highest BCUT2D eigenvalue weighted by molar-refractivity contribution is 5.34. The van der Waals surface area contributed by atoms with Crippen LogP contribution in [0.2, 0.25) is 0 Å². The Bertz CT molecular complexity index is 691. The molecule has 0 radical (unpaired) electrons. The second kappa shape index (κ2) is 8.65. The fourth-order valence-electron chi connectivity index (χ4n) is 4.19. The molecule has 0 bridgehead atoms. The van der Waals surface area contributed by atoms with Gasteiger partial charge in [0, 0.05) is 38.6 Å². The van der Waals surface area contributed by atoms with Crippen molar-refractivity contribution in [3.63, 3.8) is 0 Å². The van der Waals surface area contributed by atoms with Crippen LogP contribution >= 0.6 is 0 Å². The molecule has 0 spiro atoms. The number of aromatic nitrogens is 1. The SMILES string of the molecule is c1ccc2c(c1)C[C@@H](CN1CCCN(Cc3ccncc3)CC1)CCO2. The molecule has 4 rings (SSSR count). The smallest absolute Gasteiger partial charge is 0.122 e. The van der Waals surface area contributed by atoms with E-state index < -0.39 is 0 Å². The summed E-state index contributed by atoms with van der Waals surface area (Å²) in [7, 11) is 0. The van der Waals surface area contributed by atoms with Crippen molar-refractivity contribution in [1.29, 1.82) is 0 Å². The lowest BCUT2D eigenvalue weighted by atomic mass is 9.96. The summed E-state index contributed by atoms with van der Waals surface area (Å²) < 4.78 is 5.94. The van der Waals surface area contributed by atoms with Gasteiger partial charge < -0.3 is 9.64 Å². The zero-order valence-electron chi connectivity index (χ0n) is 15.5. The third-order valence-electron chi connectivity index (χ3n) is 5.62. The molecule has 0 amide bonds. The van der Waals surface area contributed by atoms with Crippen LogP contribution in [0.1, 0.15) is 24.0 Å². The van der Waals surface area contributed by atoms with Gasteiger partial charge in [-0.2, -0.15) is 0 Å². The summed E-state index contributed by atoms with van der Waals surface area (Å²) in [4.78, 5) is 9.38. The molecule has 1 saturated heterocycles. The summed E-state index contributed by atoms with van der Waals surface area (Å²) in [6.07, 6.45) is 7.35. The number of pyridine rings is 1. The number of ether oxygens (including phenoxy) is 1. The van der Waals surface area contributed by atoms with Crippen LogP contribution in [-0.4, -0.2) is 54.1 Å². The van der Waals surface area contributed by atoms with Crippen molar-refractivity contribution in [3.8, 4) is 5.75 Å². The molecular formula is C22H29N3O. The Labute approximate surface area is 156 Å². The molecule has 26 heavy (non-hydrogen) atoms. The zero-order chi connectivity index (χ0) is 17.6. The predicted octanol–water partition coefficient (Wildman–Crippen LogP) is 3.23. The summed E-state index contributed by atoms with van der Waals surface area (Å²) in [5.41, 5.74) is 2.75. The number of fused-ring (bicyclic) bond motifs is 1. The minimum Gasteiger partial charge on any atom is -0.493 e. The van der Waals surface area contributed by atoms with Crippen molar-refractivity contribution in [3.05, 3.63) is 59.9 Å². The van der Waals surface area contributed by atoms with Crippen molar-refractivity contribution < 1.29 is 4.74 Å². The van der Waals surface area contributed by atoms with Gasteiger partial charge in [-0.05, 0) is 67.6 Å². The minimum absolute atomic E-state index is 0.699. The molecule has 0 unspecified atom stereocenters.